The molecule has 2 aromatic heterocycles. The van der Waals surface area contributed by atoms with Gasteiger partial charge in [0, 0.05) is 30.4 Å². The zero-order chi connectivity index (χ0) is 15.4. The highest BCUT2D eigenvalue weighted by atomic mass is 16.5. The fourth-order valence-electron chi connectivity index (χ4n) is 2.80. The third-order valence-corrected chi connectivity index (χ3v) is 3.79. The second-order valence-electron chi connectivity index (χ2n) is 5.54. The molecule has 1 N–H and O–H groups in total. The van der Waals surface area contributed by atoms with E-state index in [1.165, 1.54) is 6.26 Å². The van der Waals surface area contributed by atoms with Gasteiger partial charge >= 0.3 is 0 Å². The maximum absolute atomic E-state index is 12.0. The first-order valence-electron chi connectivity index (χ1n) is 7.43. The van der Waals surface area contributed by atoms with E-state index in [0.717, 1.165) is 37.4 Å². The lowest BCUT2D eigenvalue weighted by Crippen LogP contribution is -2.40. The lowest BCUT2D eigenvalue weighted by Gasteiger charge is -2.31. The summed E-state index contributed by atoms with van der Waals surface area (Å²) >= 11 is 0. The molecule has 1 aliphatic rings. The van der Waals surface area contributed by atoms with Crippen molar-refractivity contribution in [1.82, 2.24) is 20.0 Å². The van der Waals surface area contributed by atoms with E-state index >= 15 is 0 Å². The van der Waals surface area contributed by atoms with Crippen molar-refractivity contribution in [3.63, 3.8) is 0 Å². The Morgan fingerprint density at radius 2 is 2.41 bits per heavy atom. The quantitative estimate of drug-likeness (QED) is 0.923. The van der Waals surface area contributed by atoms with E-state index in [1.54, 1.807) is 12.3 Å². The fraction of sp³-hybridized carbons (Fsp3) is 0.467. The zero-order valence-electron chi connectivity index (χ0n) is 12.5. The molecular formula is C15H19N5O2. The fourth-order valence-corrected chi connectivity index (χ4v) is 2.80. The van der Waals surface area contributed by atoms with Crippen LogP contribution in [0, 0.1) is 6.92 Å². The second-order valence-corrected chi connectivity index (χ2v) is 5.54. The molecule has 0 saturated carbocycles. The average Bonchev–Trinajstić information content (AvgIpc) is 3.00. The van der Waals surface area contributed by atoms with Crippen LogP contribution in [-0.4, -0.2) is 45.6 Å². The van der Waals surface area contributed by atoms with Crippen LogP contribution in [0.3, 0.4) is 0 Å². The van der Waals surface area contributed by atoms with Gasteiger partial charge in [-0.1, -0.05) is 5.16 Å². The van der Waals surface area contributed by atoms with E-state index < -0.39 is 0 Å². The zero-order valence-corrected chi connectivity index (χ0v) is 12.5. The van der Waals surface area contributed by atoms with Gasteiger partial charge in [0.1, 0.15) is 12.1 Å². The monoisotopic (exact) mass is 301 g/mol. The Bertz CT molecular complexity index is 629. The first-order valence-corrected chi connectivity index (χ1v) is 7.43. The van der Waals surface area contributed by atoms with Crippen LogP contribution in [0.25, 0.3) is 0 Å². The number of carbonyl (C=O) groups is 1. The van der Waals surface area contributed by atoms with Gasteiger partial charge in [-0.25, -0.2) is 9.97 Å². The number of aryl methyl sites for hydroxylation is 1. The molecule has 1 aliphatic heterocycles. The Morgan fingerprint density at radius 1 is 1.50 bits per heavy atom. The maximum Gasteiger partial charge on any atom is 0.239 e. The molecule has 1 amide bonds. The predicted octanol–water partition coefficient (Wildman–Crippen LogP) is 1.59. The van der Waals surface area contributed by atoms with Gasteiger partial charge in [-0.2, -0.15) is 0 Å². The molecule has 0 spiro atoms. The normalized spacial score (nSPS) is 19.0. The first-order chi connectivity index (χ1) is 10.7. The molecule has 7 heteroatoms. The summed E-state index contributed by atoms with van der Waals surface area (Å²) in [4.78, 5) is 22.8. The predicted molar refractivity (Wildman–Crippen MR) is 80.3 cm³/mol. The SMILES string of the molecule is Cc1nccc(C2CCCN(CC(=O)Nc3ccon3)C2)n1. The Hall–Kier alpha value is -2.28. The first kappa shape index (κ1) is 14.6. The number of hydrogen-bond acceptors (Lipinski definition) is 6. The van der Waals surface area contributed by atoms with Crippen LogP contribution in [0.4, 0.5) is 5.82 Å². The highest BCUT2D eigenvalue weighted by molar-refractivity contribution is 5.91. The van der Waals surface area contributed by atoms with Crippen LogP contribution in [0.15, 0.2) is 29.1 Å². The smallest absolute Gasteiger partial charge is 0.239 e. The Kier molecular flexibility index (Phi) is 4.43. The molecule has 0 bridgehead atoms. The van der Waals surface area contributed by atoms with Crippen molar-refractivity contribution in [3.8, 4) is 0 Å². The Balaban J connectivity index is 1.57. The maximum atomic E-state index is 12.0. The van der Waals surface area contributed by atoms with Gasteiger partial charge in [0.2, 0.25) is 5.91 Å². The molecule has 22 heavy (non-hydrogen) atoms. The second kappa shape index (κ2) is 6.65. The van der Waals surface area contributed by atoms with Crippen LogP contribution in [0.2, 0.25) is 0 Å². The summed E-state index contributed by atoms with van der Waals surface area (Å²) in [7, 11) is 0. The topological polar surface area (TPSA) is 84.2 Å². The molecule has 1 saturated heterocycles. The van der Waals surface area contributed by atoms with Crippen molar-refractivity contribution in [2.24, 2.45) is 0 Å². The number of nitrogens with zero attached hydrogens (tertiary/aromatic N) is 4. The summed E-state index contributed by atoms with van der Waals surface area (Å²) < 4.78 is 4.70. The van der Waals surface area contributed by atoms with Crippen molar-refractivity contribution in [1.29, 1.82) is 0 Å². The number of amides is 1. The molecular weight excluding hydrogens is 282 g/mol. The van der Waals surface area contributed by atoms with Gasteiger partial charge < -0.3 is 9.84 Å². The lowest BCUT2D eigenvalue weighted by atomic mass is 9.94. The number of aromatic nitrogens is 3. The molecule has 116 valence electrons. The number of anilines is 1. The average molecular weight is 301 g/mol. The van der Waals surface area contributed by atoms with Gasteiger partial charge in [0.15, 0.2) is 5.82 Å². The van der Waals surface area contributed by atoms with E-state index in [4.69, 9.17) is 4.52 Å². The molecule has 1 unspecified atom stereocenters. The third-order valence-electron chi connectivity index (χ3n) is 3.79. The Labute approximate surface area is 128 Å². The minimum atomic E-state index is -0.0755. The Morgan fingerprint density at radius 3 is 3.18 bits per heavy atom. The van der Waals surface area contributed by atoms with Gasteiger partial charge in [-0.05, 0) is 32.4 Å². The van der Waals surface area contributed by atoms with E-state index in [1.807, 2.05) is 13.0 Å². The molecule has 7 nitrogen and oxygen atoms in total. The van der Waals surface area contributed by atoms with Crippen molar-refractivity contribution >= 4 is 11.7 Å². The summed E-state index contributed by atoms with van der Waals surface area (Å²) in [6.07, 6.45) is 5.39. The number of carbonyl (C=O) groups excluding carboxylic acids is 1. The largest absolute Gasteiger partial charge is 0.363 e. The summed E-state index contributed by atoms with van der Waals surface area (Å²) in [6, 6.07) is 3.59. The summed E-state index contributed by atoms with van der Waals surface area (Å²) in [6.45, 7) is 4.01. The molecule has 0 radical (unpaired) electrons. The van der Waals surface area contributed by atoms with E-state index in [9.17, 15) is 4.79 Å². The standard InChI is InChI=1S/C15H19N5O2/c1-11-16-6-4-13(17-11)12-3-2-7-20(9-12)10-15(21)18-14-5-8-22-19-14/h4-6,8,12H,2-3,7,9-10H2,1H3,(H,18,19,21). The van der Waals surface area contributed by atoms with Gasteiger partial charge in [-0.3, -0.25) is 9.69 Å². The molecule has 2 aromatic rings. The number of rotatable bonds is 4. The molecule has 3 heterocycles. The number of piperidine rings is 1. The lowest BCUT2D eigenvalue weighted by molar-refractivity contribution is -0.117. The van der Waals surface area contributed by atoms with Crippen molar-refractivity contribution in [2.75, 3.05) is 25.0 Å². The van der Waals surface area contributed by atoms with Crippen molar-refractivity contribution < 1.29 is 9.32 Å². The molecule has 0 aromatic carbocycles. The minimum Gasteiger partial charge on any atom is -0.363 e. The highest BCUT2D eigenvalue weighted by Gasteiger charge is 2.24. The molecule has 3 rings (SSSR count). The van der Waals surface area contributed by atoms with Crippen LogP contribution in [0.1, 0.15) is 30.3 Å². The van der Waals surface area contributed by atoms with Crippen LogP contribution < -0.4 is 5.32 Å². The van der Waals surface area contributed by atoms with Gasteiger partial charge in [0.05, 0.1) is 6.54 Å². The van der Waals surface area contributed by atoms with E-state index in [2.05, 4.69) is 25.3 Å². The third kappa shape index (κ3) is 3.67. The summed E-state index contributed by atoms with van der Waals surface area (Å²) in [5, 5.41) is 6.40. The van der Waals surface area contributed by atoms with Gasteiger partial charge in [-0.15, -0.1) is 0 Å². The van der Waals surface area contributed by atoms with Crippen LogP contribution in [0.5, 0.6) is 0 Å². The molecule has 1 fully saturated rings. The molecule has 0 aliphatic carbocycles. The molecule has 1 atom stereocenters. The van der Waals surface area contributed by atoms with E-state index in [0.29, 0.717) is 18.3 Å². The summed E-state index contributed by atoms with van der Waals surface area (Å²) in [5.41, 5.74) is 1.06. The van der Waals surface area contributed by atoms with Gasteiger partial charge in [0.25, 0.3) is 0 Å². The number of nitrogens with one attached hydrogen (secondary N) is 1. The van der Waals surface area contributed by atoms with Crippen molar-refractivity contribution in [2.45, 2.75) is 25.7 Å². The highest BCUT2D eigenvalue weighted by Crippen LogP contribution is 2.25. The number of likely N-dealkylation sites (tertiary alicyclic amines) is 1. The van der Waals surface area contributed by atoms with E-state index in [-0.39, 0.29) is 5.91 Å². The van der Waals surface area contributed by atoms with Crippen LogP contribution in [-0.2, 0) is 4.79 Å². The number of hydrogen-bond donors (Lipinski definition) is 1. The minimum absolute atomic E-state index is 0.0755. The van der Waals surface area contributed by atoms with Crippen LogP contribution >= 0.6 is 0 Å². The summed E-state index contributed by atoms with van der Waals surface area (Å²) in [5.74, 6) is 1.52. The van der Waals surface area contributed by atoms with Crippen molar-refractivity contribution in [3.05, 3.63) is 36.1 Å².